The number of nitrogens with two attached hydrogens (primary N) is 1. The highest BCUT2D eigenvalue weighted by molar-refractivity contribution is 8.16. The Bertz CT molecular complexity index is 1320. The van der Waals surface area contributed by atoms with Crippen molar-refractivity contribution < 1.29 is 4.79 Å². The molecule has 2 aliphatic heterocycles. The average molecular weight is 446 g/mol. The fourth-order valence-electron chi connectivity index (χ4n) is 3.94. The molecule has 6 rings (SSSR count). The highest BCUT2D eigenvalue weighted by atomic mass is 32.2. The van der Waals surface area contributed by atoms with E-state index in [0.29, 0.717) is 5.88 Å². The van der Waals surface area contributed by atoms with Crippen molar-refractivity contribution in [2.45, 2.75) is 10.9 Å². The van der Waals surface area contributed by atoms with Gasteiger partial charge in [-0.25, -0.2) is 9.99 Å². The Morgan fingerprint density at radius 1 is 1.00 bits per heavy atom. The predicted molar refractivity (Wildman–Crippen MR) is 129 cm³/mol. The first-order valence-electron chi connectivity index (χ1n) is 9.92. The van der Waals surface area contributed by atoms with Crippen LogP contribution in [0.25, 0.3) is 10.2 Å². The van der Waals surface area contributed by atoms with E-state index in [9.17, 15) is 4.79 Å². The van der Waals surface area contributed by atoms with Gasteiger partial charge in [-0.3, -0.25) is 4.79 Å². The van der Waals surface area contributed by atoms with E-state index in [2.05, 4.69) is 28.5 Å². The first-order chi connectivity index (χ1) is 15.2. The van der Waals surface area contributed by atoms with Crippen molar-refractivity contribution in [1.82, 2.24) is 10.4 Å². The average Bonchev–Trinajstić information content (AvgIpc) is 3.48. The van der Waals surface area contributed by atoms with Crippen LogP contribution in [0.1, 0.15) is 0 Å². The van der Waals surface area contributed by atoms with E-state index in [1.165, 1.54) is 4.90 Å². The number of amides is 1. The monoisotopic (exact) mass is 445 g/mol. The van der Waals surface area contributed by atoms with Gasteiger partial charge in [0.2, 0.25) is 0 Å². The molecule has 2 atom stereocenters. The molecular formula is C23H19N5OS2. The number of hydrogen-bond donors (Lipinski definition) is 2. The van der Waals surface area contributed by atoms with Crippen LogP contribution in [0.15, 0.2) is 83.8 Å². The summed E-state index contributed by atoms with van der Waals surface area (Å²) in [5, 5.41) is 2.53. The second kappa shape index (κ2) is 7.28. The van der Waals surface area contributed by atoms with Gasteiger partial charge in [-0.05, 0) is 36.4 Å². The lowest BCUT2D eigenvalue weighted by atomic mass is 10.3. The second-order valence-electron chi connectivity index (χ2n) is 7.34. The molecule has 8 heteroatoms. The number of carbonyl (C=O) groups excluding carboxylic acids is 1. The molecule has 4 aromatic rings. The fourth-order valence-corrected chi connectivity index (χ4v) is 7.32. The summed E-state index contributed by atoms with van der Waals surface area (Å²) in [6.45, 7) is 0. The summed E-state index contributed by atoms with van der Waals surface area (Å²) in [6, 6.07) is 25.4. The number of para-hydroxylation sites is 3. The molecule has 0 saturated carbocycles. The molecule has 3 aromatic carbocycles. The quantitative estimate of drug-likeness (QED) is 0.456. The fraction of sp³-hybridized carbons (Fsp3) is 0.0870. The van der Waals surface area contributed by atoms with Crippen LogP contribution in [-0.4, -0.2) is 27.8 Å². The second-order valence-corrected chi connectivity index (χ2v) is 10.3. The zero-order valence-corrected chi connectivity index (χ0v) is 18.1. The summed E-state index contributed by atoms with van der Waals surface area (Å²) in [4.78, 5) is 22.1. The summed E-state index contributed by atoms with van der Waals surface area (Å²) in [5.74, 6) is 0.579. The molecule has 1 saturated heterocycles. The van der Waals surface area contributed by atoms with Crippen molar-refractivity contribution in [2.24, 2.45) is 5.73 Å². The molecule has 2 aliphatic rings. The number of rotatable bonds is 2. The number of nitrogens with one attached hydrogen (secondary N) is 1. The van der Waals surface area contributed by atoms with Crippen molar-refractivity contribution in [3.63, 3.8) is 0 Å². The van der Waals surface area contributed by atoms with E-state index in [1.54, 1.807) is 16.3 Å². The number of carbonyl (C=O) groups is 1. The van der Waals surface area contributed by atoms with Crippen molar-refractivity contribution in [2.75, 3.05) is 15.8 Å². The van der Waals surface area contributed by atoms with E-state index in [4.69, 9.17) is 10.7 Å². The molecule has 154 valence electrons. The van der Waals surface area contributed by atoms with Gasteiger partial charge in [0.1, 0.15) is 6.04 Å². The van der Waals surface area contributed by atoms with Gasteiger partial charge in [0, 0.05) is 4.90 Å². The molecule has 2 unspecified atom stereocenters. The summed E-state index contributed by atoms with van der Waals surface area (Å²) in [6.07, 6.45) is 0. The smallest absolute Gasteiger partial charge is 0.264 e. The van der Waals surface area contributed by atoms with E-state index in [0.717, 1.165) is 31.7 Å². The number of hydrogen-bond acceptors (Lipinski definition) is 5. The summed E-state index contributed by atoms with van der Waals surface area (Å²) < 4.78 is 1.16. The summed E-state index contributed by atoms with van der Waals surface area (Å²) in [5.41, 5.74) is 12.7. The standard InChI is InChI=1S/C23H19N5OS2/c24-20-21(26-28(22(20)29)15-8-2-1-3-9-15)31-14-27(17-11-5-7-13-19(17)31)23-25-16-10-4-6-12-18(16)30-23/h1-13,20,26H,14,24H2. The normalized spacial score (nSPS) is 21.8. The van der Waals surface area contributed by atoms with Gasteiger partial charge in [0.15, 0.2) is 5.13 Å². The SMILES string of the molecule is NC1C(=O)N(c2ccccc2)NC1=S1CN(c2nc3ccccc3s2)c2ccccc21. The van der Waals surface area contributed by atoms with Crippen LogP contribution in [0, 0.1) is 0 Å². The van der Waals surface area contributed by atoms with Crippen molar-refractivity contribution in [3.05, 3.63) is 78.9 Å². The Kier molecular flexibility index (Phi) is 4.39. The lowest BCUT2D eigenvalue weighted by Gasteiger charge is -2.16. The maximum Gasteiger partial charge on any atom is 0.264 e. The lowest BCUT2D eigenvalue weighted by Crippen LogP contribution is -2.36. The van der Waals surface area contributed by atoms with Gasteiger partial charge < -0.3 is 10.6 Å². The Balaban J connectivity index is 1.44. The maximum absolute atomic E-state index is 13.0. The van der Waals surface area contributed by atoms with E-state index in [-0.39, 0.29) is 16.4 Å². The van der Waals surface area contributed by atoms with Gasteiger partial charge in [-0.1, -0.05) is 53.8 Å². The predicted octanol–water partition coefficient (Wildman–Crippen LogP) is 4.04. The molecule has 0 bridgehead atoms. The number of anilines is 3. The molecule has 3 heterocycles. The van der Waals surface area contributed by atoms with Crippen molar-refractivity contribution >= 4 is 59.4 Å². The minimum absolute atomic E-state index is 0.135. The van der Waals surface area contributed by atoms with Gasteiger partial charge in [-0.15, -0.1) is 10.5 Å². The minimum atomic E-state index is -0.688. The zero-order valence-electron chi connectivity index (χ0n) is 16.4. The highest BCUT2D eigenvalue weighted by Gasteiger charge is 2.39. The van der Waals surface area contributed by atoms with Crippen LogP contribution in [0.4, 0.5) is 16.5 Å². The van der Waals surface area contributed by atoms with Crippen LogP contribution >= 0.6 is 21.8 Å². The van der Waals surface area contributed by atoms with Crippen molar-refractivity contribution in [1.29, 1.82) is 0 Å². The molecule has 3 N–H and O–H groups in total. The Hall–Kier alpha value is -3.04. The van der Waals surface area contributed by atoms with Gasteiger partial charge in [0.25, 0.3) is 5.91 Å². The lowest BCUT2D eigenvalue weighted by molar-refractivity contribution is -0.117. The minimum Gasteiger partial charge on any atom is -0.315 e. The zero-order chi connectivity index (χ0) is 20.9. The van der Waals surface area contributed by atoms with E-state index in [1.807, 2.05) is 60.7 Å². The van der Waals surface area contributed by atoms with Gasteiger partial charge in [0.05, 0.1) is 32.5 Å². The first kappa shape index (κ1) is 18.7. The third kappa shape index (κ3) is 2.99. The van der Waals surface area contributed by atoms with Crippen LogP contribution in [-0.2, 0) is 4.79 Å². The van der Waals surface area contributed by atoms with Crippen LogP contribution in [0.3, 0.4) is 0 Å². The Labute approximate surface area is 185 Å². The van der Waals surface area contributed by atoms with Gasteiger partial charge in [-0.2, -0.15) is 5.43 Å². The van der Waals surface area contributed by atoms with Crippen molar-refractivity contribution in [3.8, 4) is 0 Å². The third-order valence-corrected chi connectivity index (χ3v) is 8.79. The highest BCUT2D eigenvalue weighted by Crippen LogP contribution is 2.49. The third-order valence-electron chi connectivity index (χ3n) is 5.46. The maximum atomic E-state index is 13.0. The largest absolute Gasteiger partial charge is 0.315 e. The molecule has 6 nitrogen and oxygen atoms in total. The molecule has 1 fully saturated rings. The molecule has 0 spiro atoms. The van der Waals surface area contributed by atoms with E-state index >= 15 is 0 Å². The Morgan fingerprint density at radius 2 is 1.74 bits per heavy atom. The number of thiazole rings is 1. The molecule has 0 aliphatic carbocycles. The van der Waals surface area contributed by atoms with Crippen LogP contribution in [0.5, 0.6) is 0 Å². The first-order valence-corrected chi connectivity index (χ1v) is 12.1. The molecular weight excluding hydrogens is 426 g/mol. The number of benzene rings is 3. The Morgan fingerprint density at radius 3 is 2.58 bits per heavy atom. The van der Waals surface area contributed by atoms with Gasteiger partial charge >= 0.3 is 0 Å². The summed E-state index contributed by atoms with van der Waals surface area (Å²) in [7, 11) is -0.364. The van der Waals surface area contributed by atoms with Crippen LogP contribution in [0.2, 0.25) is 0 Å². The molecule has 31 heavy (non-hydrogen) atoms. The molecule has 1 amide bonds. The number of nitrogens with zero attached hydrogens (tertiary/aromatic N) is 3. The number of fused-ring (bicyclic) bond motifs is 2. The molecule has 1 aromatic heterocycles. The number of aromatic nitrogens is 1. The van der Waals surface area contributed by atoms with Crippen LogP contribution < -0.4 is 21.1 Å². The summed E-state index contributed by atoms with van der Waals surface area (Å²) >= 11 is 1.68. The molecule has 0 radical (unpaired) electrons. The topological polar surface area (TPSA) is 74.5 Å². The number of hydrazine groups is 1. The van der Waals surface area contributed by atoms with E-state index < -0.39 is 6.04 Å².